The second kappa shape index (κ2) is 7.18. The molecule has 0 aromatic carbocycles. The van der Waals surface area contributed by atoms with E-state index in [1.165, 1.54) is 0 Å². The highest BCUT2D eigenvalue weighted by Crippen LogP contribution is 2.11. The summed E-state index contributed by atoms with van der Waals surface area (Å²) in [6, 6.07) is 0.0585. The molecule has 0 aromatic rings. The molecule has 0 aliphatic heterocycles. The van der Waals surface area contributed by atoms with Crippen LogP contribution >= 0.6 is 0 Å². The van der Waals surface area contributed by atoms with Crippen molar-refractivity contribution in [2.75, 3.05) is 19.6 Å². The van der Waals surface area contributed by atoms with Crippen LogP contribution in [-0.2, 0) is 4.74 Å². The van der Waals surface area contributed by atoms with Gasteiger partial charge >= 0.3 is 6.09 Å². The summed E-state index contributed by atoms with van der Waals surface area (Å²) in [5.74, 6) is 2.50. The van der Waals surface area contributed by atoms with Gasteiger partial charge < -0.3 is 15.0 Å². The molecular weight excluding hydrogens is 216 g/mol. The predicted octanol–water partition coefficient (Wildman–Crippen LogP) is 1.85. The molecule has 0 heterocycles. The Morgan fingerprint density at radius 1 is 1.53 bits per heavy atom. The minimum atomic E-state index is -0.462. The zero-order chi connectivity index (χ0) is 13.5. The van der Waals surface area contributed by atoms with E-state index in [0.717, 1.165) is 0 Å². The van der Waals surface area contributed by atoms with Gasteiger partial charge in [0.15, 0.2) is 0 Å². The van der Waals surface area contributed by atoms with E-state index in [9.17, 15) is 4.79 Å². The van der Waals surface area contributed by atoms with Crippen LogP contribution in [0.25, 0.3) is 0 Å². The highest BCUT2D eigenvalue weighted by atomic mass is 16.6. The van der Waals surface area contributed by atoms with Gasteiger partial charge in [-0.1, -0.05) is 5.92 Å². The monoisotopic (exact) mass is 240 g/mol. The van der Waals surface area contributed by atoms with E-state index in [1.54, 1.807) is 4.90 Å². The standard InChI is InChI=1S/C13H24N2O2/c1-7-9-14-10-11(3)15(8-2)12(16)17-13(4,5)6/h1,11,14H,8-10H2,2-6H3/t11-/m0/s1. The molecule has 1 N–H and O–H groups in total. The van der Waals surface area contributed by atoms with Crippen molar-refractivity contribution in [3.05, 3.63) is 0 Å². The topological polar surface area (TPSA) is 41.6 Å². The van der Waals surface area contributed by atoms with Gasteiger partial charge in [0, 0.05) is 19.1 Å². The molecule has 4 heteroatoms. The van der Waals surface area contributed by atoms with Crippen molar-refractivity contribution in [1.82, 2.24) is 10.2 Å². The number of rotatable bonds is 5. The van der Waals surface area contributed by atoms with Crippen LogP contribution in [0.3, 0.4) is 0 Å². The first-order valence-corrected chi connectivity index (χ1v) is 5.95. The maximum absolute atomic E-state index is 11.9. The molecule has 0 spiro atoms. The van der Waals surface area contributed by atoms with Gasteiger partial charge in [0.05, 0.1) is 6.54 Å². The largest absolute Gasteiger partial charge is 0.444 e. The molecule has 0 unspecified atom stereocenters. The number of nitrogens with one attached hydrogen (secondary N) is 1. The van der Waals surface area contributed by atoms with Crippen LogP contribution in [0.15, 0.2) is 0 Å². The average Bonchev–Trinajstić information content (AvgIpc) is 2.16. The van der Waals surface area contributed by atoms with Gasteiger partial charge in [0.1, 0.15) is 5.60 Å². The number of likely N-dealkylation sites (N-methyl/N-ethyl adjacent to an activating group) is 1. The molecule has 0 bridgehead atoms. The van der Waals surface area contributed by atoms with Crippen LogP contribution in [0, 0.1) is 12.3 Å². The summed E-state index contributed by atoms with van der Waals surface area (Å²) in [5.41, 5.74) is -0.462. The number of ether oxygens (including phenoxy) is 1. The fourth-order valence-corrected chi connectivity index (χ4v) is 1.40. The Balaban J connectivity index is 4.30. The summed E-state index contributed by atoms with van der Waals surface area (Å²) in [5, 5.41) is 3.08. The number of hydrogen-bond donors (Lipinski definition) is 1. The van der Waals surface area contributed by atoms with Crippen molar-refractivity contribution >= 4 is 6.09 Å². The lowest BCUT2D eigenvalue weighted by atomic mass is 10.2. The van der Waals surface area contributed by atoms with Gasteiger partial charge in [-0.25, -0.2) is 4.79 Å². The van der Waals surface area contributed by atoms with Crippen LogP contribution in [0.4, 0.5) is 4.79 Å². The average molecular weight is 240 g/mol. The molecule has 0 fully saturated rings. The Bertz CT molecular complexity index is 276. The molecule has 17 heavy (non-hydrogen) atoms. The SMILES string of the molecule is C#CCNC[C@H](C)N(CC)C(=O)OC(C)(C)C. The van der Waals surface area contributed by atoms with Gasteiger partial charge in [0.25, 0.3) is 0 Å². The normalized spacial score (nSPS) is 12.7. The zero-order valence-corrected chi connectivity index (χ0v) is 11.5. The number of nitrogens with zero attached hydrogens (tertiary/aromatic N) is 1. The van der Waals surface area contributed by atoms with Gasteiger partial charge in [-0.3, -0.25) is 0 Å². The third kappa shape index (κ3) is 6.85. The fourth-order valence-electron chi connectivity index (χ4n) is 1.40. The fraction of sp³-hybridized carbons (Fsp3) is 0.769. The quantitative estimate of drug-likeness (QED) is 0.589. The Morgan fingerprint density at radius 3 is 2.53 bits per heavy atom. The van der Waals surface area contributed by atoms with Crippen molar-refractivity contribution in [3.63, 3.8) is 0 Å². The third-order valence-electron chi connectivity index (χ3n) is 2.17. The van der Waals surface area contributed by atoms with E-state index in [1.807, 2.05) is 34.6 Å². The van der Waals surface area contributed by atoms with E-state index >= 15 is 0 Å². The first-order chi connectivity index (χ1) is 7.81. The molecule has 4 nitrogen and oxygen atoms in total. The molecule has 0 radical (unpaired) electrons. The molecule has 0 rings (SSSR count). The Labute approximate surface area is 105 Å². The summed E-state index contributed by atoms with van der Waals surface area (Å²) >= 11 is 0. The molecule has 0 saturated heterocycles. The molecule has 1 atom stereocenters. The highest BCUT2D eigenvalue weighted by Gasteiger charge is 2.24. The Hall–Kier alpha value is -1.21. The summed E-state index contributed by atoms with van der Waals surface area (Å²) in [6.45, 7) is 11.3. The maximum atomic E-state index is 11.9. The van der Waals surface area contributed by atoms with Crippen LogP contribution in [0.2, 0.25) is 0 Å². The summed E-state index contributed by atoms with van der Waals surface area (Å²) in [4.78, 5) is 13.6. The Morgan fingerprint density at radius 2 is 2.12 bits per heavy atom. The van der Waals surface area contributed by atoms with Crippen LogP contribution in [-0.4, -0.2) is 42.3 Å². The molecular formula is C13H24N2O2. The second-order valence-corrected chi connectivity index (χ2v) is 4.95. The summed E-state index contributed by atoms with van der Waals surface area (Å²) in [7, 11) is 0. The lowest BCUT2D eigenvalue weighted by molar-refractivity contribution is 0.0189. The van der Waals surface area contributed by atoms with Crippen molar-refractivity contribution in [2.24, 2.45) is 0 Å². The van der Waals surface area contributed by atoms with E-state index in [-0.39, 0.29) is 12.1 Å². The first kappa shape index (κ1) is 15.8. The van der Waals surface area contributed by atoms with Crippen molar-refractivity contribution < 1.29 is 9.53 Å². The number of amides is 1. The number of carbonyl (C=O) groups is 1. The minimum absolute atomic E-state index is 0.0585. The van der Waals surface area contributed by atoms with Crippen LogP contribution < -0.4 is 5.32 Å². The summed E-state index contributed by atoms with van der Waals surface area (Å²) < 4.78 is 5.34. The molecule has 98 valence electrons. The van der Waals surface area contributed by atoms with Crippen molar-refractivity contribution in [3.8, 4) is 12.3 Å². The maximum Gasteiger partial charge on any atom is 0.410 e. The van der Waals surface area contributed by atoms with Gasteiger partial charge in [-0.15, -0.1) is 6.42 Å². The van der Waals surface area contributed by atoms with E-state index < -0.39 is 5.60 Å². The second-order valence-electron chi connectivity index (χ2n) is 4.95. The van der Waals surface area contributed by atoms with Gasteiger partial charge in [-0.05, 0) is 34.6 Å². The smallest absolute Gasteiger partial charge is 0.410 e. The summed E-state index contributed by atoms with van der Waals surface area (Å²) in [6.07, 6.45) is 4.87. The number of carbonyl (C=O) groups excluding carboxylic acids is 1. The predicted molar refractivity (Wildman–Crippen MR) is 69.8 cm³/mol. The van der Waals surface area contributed by atoms with Gasteiger partial charge in [0.2, 0.25) is 0 Å². The highest BCUT2D eigenvalue weighted by molar-refractivity contribution is 5.68. The molecule has 0 aromatic heterocycles. The zero-order valence-electron chi connectivity index (χ0n) is 11.5. The minimum Gasteiger partial charge on any atom is -0.444 e. The molecule has 1 amide bonds. The van der Waals surface area contributed by atoms with Crippen molar-refractivity contribution in [1.29, 1.82) is 0 Å². The van der Waals surface area contributed by atoms with E-state index in [2.05, 4.69) is 11.2 Å². The lowest BCUT2D eigenvalue weighted by Gasteiger charge is -2.30. The third-order valence-corrected chi connectivity index (χ3v) is 2.17. The van der Waals surface area contributed by atoms with Crippen LogP contribution in [0.1, 0.15) is 34.6 Å². The van der Waals surface area contributed by atoms with Crippen molar-refractivity contribution in [2.45, 2.75) is 46.3 Å². The molecule has 0 aliphatic carbocycles. The number of terminal acetylenes is 1. The van der Waals surface area contributed by atoms with E-state index in [4.69, 9.17) is 11.2 Å². The lowest BCUT2D eigenvalue weighted by Crippen LogP contribution is -2.46. The molecule has 0 saturated carbocycles. The first-order valence-electron chi connectivity index (χ1n) is 5.95. The van der Waals surface area contributed by atoms with Crippen LogP contribution in [0.5, 0.6) is 0 Å². The Kier molecular flexibility index (Phi) is 6.67. The van der Waals surface area contributed by atoms with Gasteiger partial charge in [-0.2, -0.15) is 0 Å². The number of hydrogen-bond acceptors (Lipinski definition) is 3. The van der Waals surface area contributed by atoms with E-state index in [0.29, 0.717) is 19.6 Å². The molecule has 0 aliphatic rings.